The van der Waals surface area contributed by atoms with Gasteiger partial charge in [0.05, 0.1) is 11.7 Å². The van der Waals surface area contributed by atoms with Crippen molar-refractivity contribution in [3.05, 3.63) is 18.0 Å². The predicted molar refractivity (Wildman–Crippen MR) is 78.2 cm³/mol. The van der Waals surface area contributed by atoms with Crippen LogP contribution in [0, 0.1) is 5.92 Å². The molecular formula is C14H26N4O2. The average Bonchev–Trinajstić information content (AvgIpc) is 2.71. The van der Waals surface area contributed by atoms with Gasteiger partial charge in [0.2, 0.25) is 0 Å². The molecule has 0 aliphatic heterocycles. The SMILES string of the molecule is CC(C)Cn1ccc(C(N)CNC(=O)OC(C)(C)C)n1. The summed E-state index contributed by atoms with van der Waals surface area (Å²) < 4.78 is 7.02. The number of nitrogens with two attached hydrogens (primary N) is 1. The summed E-state index contributed by atoms with van der Waals surface area (Å²) in [5.74, 6) is 0.527. The van der Waals surface area contributed by atoms with Gasteiger partial charge in [-0.3, -0.25) is 4.68 Å². The molecule has 0 aliphatic carbocycles. The van der Waals surface area contributed by atoms with Crippen LogP contribution in [-0.2, 0) is 11.3 Å². The third-order valence-electron chi connectivity index (χ3n) is 2.46. The molecule has 20 heavy (non-hydrogen) atoms. The summed E-state index contributed by atoms with van der Waals surface area (Å²) in [7, 11) is 0. The van der Waals surface area contributed by atoms with Crippen LogP contribution in [0.25, 0.3) is 0 Å². The normalized spacial score (nSPS) is 13.3. The second-order valence-electron chi connectivity index (χ2n) is 6.35. The van der Waals surface area contributed by atoms with Crippen molar-refractivity contribution in [2.75, 3.05) is 6.54 Å². The molecule has 0 saturated carbocycles. The Morgan fingerprint density at radius 2 is 2.15 bits per heavy atom. The van der Waals surface area contributed by atoms with Gasteiger partial charge in [-0.05, 0) is 32.8 Å². The van der Waals surface area contributed by atoms with Crippen LogP contribution in [0.2, 0.25) is 0 Å². The fraction of sp³-hybridized carbons (Fsp3) is 0.714. The van der Waals surface area contributed by atoms with Crippen LogP contribution in [0.4, 0.5) is 4.79 Å². The lowest BCUT2D eigenvalue weighted by Crippen LogP contribution is -2.36. The summed E-state index contributed by atoms with van der Waals surface area (Å²) in [4.78, 5) is 11.5. The van der Waals surface area contributed by atoms with Gasteiger partial charge in [0.25, 0.3) is 0 Å². The van der Waals surface area contributed by atoms with Crippen LogP contribution in [0.5, 0.6) is 0 Å². The second kappa shape index (κ2) is 6.74. The van der Waals surface area contributed by atoms with E-state index in [-0.39, 0.29) is 6.04 Å². The van der Waals surface area contributed by atoms with Gasteiger partial charge in [-0.25, -0.2) is 4.79 Å². The van der Waals surface area contributed by atoms with E-state index in [0.29, 0.717) is 12.5 Å². The topological polar surface area (TPSA) is 82.2 Å². The molecule has 1 heterocycles. The van der Waals surface area contributed by atoms with Crippen molar-refractivity contribution in [2.24, 2.45) is 11.7 Å². The highest BCUT2D eigenvalue weighted by molar-refractivity contribution is 5.67. The third kappa shape index (κ3) is 6.06. The number of nitrogens with one attached hydrogen (secondary N) is 1. The van der Waals surface area contributed by atoms with Gasteiger partial charge in [0, 0.05) is 19.3 Å². The Kier molecular flexibility index (Phi) is 5.56. The van der Waals surface area contributed by atoms with Gasteiger partial charge in [-0.1, -0.05) is 13.8 Å². The maximum absolute atomic E-state index is 11.5. The fourth-order valence-corrected chi connectivity index (χ4v) is 1.66. The monoisotopic (exact) mass is 282 g/mol. The minimum absolute atomic E-state index is 0.299. The van der Waals surface area contributed by atoms with Crippen LogP contribution in [0.3, 0.4) is 0 Å². The van der Waals surface area contributed by atoms with E-state index in [4.69, 9.17) is 10.5 Å². The van der Waals surface area contributed by atoms with Gasteiger partial charge in [0.15, 0.2) is 0 Å². The molecule has 0 bridgehead atoms. The van der Waals surface area contributed by atoms with E-state index < -0.39 is 11.7 Å². The largest absolute Gasteiger partial charge is 0.444 e. The molecule has 6 heteroatoms. The molecule has 0 aliphatic rings. The van der Waals surface area contributed by atoms with E-state index in [1.165, 1.54) is 0 Å². The molecule has 1 unspecified atom stereocenters. The number of rotatable bonds is 5. The van der Waals surface area contributed by atoms with Crippen LogP contribution in [-0.4, -0.2) is 28.0 Å². The zero-order valence-corrected chi connectivity index (χ0v) is 13.0. The van der Waals surface area contributed by atoms with Crippen LogP contribution < -0.4 is 11.1 Å². The quantitative estimate of drug-likeness (QED) is 0.866. The molecule has 114 valence electrons. The van der Waals surface area contributed by atoms with E-state index >= 15 is 0 Å². The summed E-state index contributed by atoms with van der Waals surface area (Å²) in [5, 5.41) is 7.05. The Morgan fingerprint density at radius 1 is 1.50 bits per heavy atom. The number of amides is 1. The number of hydrogen-bond donors (Lipinski definition) is 2. The number of hydrogen-bond acceptors (Lipinski definition) is 4. The van der Waals surface area contributed by atoms with Crippen molar-refractivity contribution >= 4 is 6.09 Å². The molecule has 0 aromatic carbocycles. The first kappa shape index (κ1) is 16.5. The summed E-state index contributed by atoms with van der Waals surface area (Å²) in [6.07, 6.45) is 1.44. The van der Waals surface area contributed by atoms with Gasteiger partial charge in [-0.2, -0.15) is 5.10 Å². The van der Waals surface area contributed by atoms with Crippen molar-refractivity contribution in [1.29, 1.82) is 0 Å². The maximum atomic E-state index is 11.5. The molecule has 6 nitrogen and oxygen atoms in total. The number of alkyl carbamates (subject to hydrolysis) is 1. The van der Waals surface area contributed by atoms with Crippen molar-refractivity contribution in [2.45, 2.75) is 52.8 Å². The molecule has 1 amide bonds. The molecule has 0 fully saturated rings. The first-order chi connectivity index (χ1) is 9.17. The molecule has 1 aromatic heterocycles. The summed E-state index contributed by atoms with van der Waals surface area (Å²) >= 11 is 0. The Labute approximate surface area is 120 Å². The third-order valence-corrected chi connectivity index (χ3v) is 2.46. The van der Waals surface area contributed by atoms with Gasteiger partial charge in [-0.15, -0.1) is 0 Å². The van der Waals surface area contributed by atoms with Crippen LogP contribution in [0.15, 0.2) is 12.3 Å². The Morgan fingerprint density at radius 3 is 2.70 bits per heavy atom. The molecular weight excluding hydrogens is 256 g/mol. The standard InChI is InChI=1S/C14H26N4O2/c1-10(2)9-18-7-6-12(17-18)11(15)8-16-13(19)20-14(3,4)5/h6-7,10-11H,8-9,15H2,1-5H3,(H,16,19). The van der Waals surface area contributed by atoms with Crippen molar-refractivity contribution in [3.8, 4) is 0 Å². The second-order valence-corrected chi connectivity index (χ2v) is 6.35. The molecule has 1 rings (SSSR count). The van der Waals surface area contributed by atoms with E-state index in [1.807, 2.05) is 37.7 Å². The molecule has 0 spiro atoms. The molecule has 0 radical (unpaired) electrons. The van der Waals surface area contributed by atoms with E-state index in [0.717, 1.165) is 12.2 Å². The van der Waals surface area contributed by atoms with E-state index in [2.05, 4.69) is 24.3 Å². The zero-order chi connectivity index (χ0) is 15.3. The van der Waals surface area contributed by atoms with Gasteiger partial charge >= 0.3 is 6.09 Å². The Bertz CT molecular complexity index is 435. The summed E-state index contributed by atoms with van der Waals surface area (Å²) in [5.41, 5.74) is 6.26. The van der Waals surface area contributed by atoms with Gasteiger partial charge < -0.3 is 15.8 Å². The first-order valence-electron chi connectivity index (χ1n) is 6.93. The fourth-order valence-electron chi connectivity index (χ4n) is 1.66. The van der Waals surface area contributed by atoms with Crippen molar-refractivity contribution in [1.82, 2.24) is 15.1 Å². The molecule has 0 saturated heterocycles. The highest BCUT2D eigenvalue weighted by Crippen LogP contribution is 2.09. The smallest absolute Gasteiger partial charge is 0.407 e. The number of carbonyl (C=O) groups is 1. The molecule has 1 aromatic rings. The van der Waals surface area contributed by atoms with Crippen LogP contribution in [0.1, 0.15) is 46.4 Å². The number of carbonyl (C=O) groups excluding carboxylic acids is 1. The average molecular weight is 282 g/mol. The summed E-state index contributed by atoms with van der Waals surface area (Å²) in [6, 6.07) is 1.54. The predicted octanol–water partition coefficient (Wildman–Crippen LogP) is 2.06. The van der Waals surface area contributed by atoms with Crippen molar-refractivity contribution < 1.29 is 9.53 Å². The molecule has 3 N–H and O–H groups in total. The maximum Gasteiger partial charge on any atom is 0.407 e. The van der Waals surface area contributed by atoms with Crippen molar-refractivity contribution in [3.63, 3.8) is 0 Å². The lowest BCUT2D eigenvalue weighted by Gasteiger charge is -2.20. The summed E-state index contributed by atoms with van der Waals surface area (Å²) in [6.45, 7) is 10.9. The zero-order valence-electron chi connectivity index (χ0n) is 13.0. The van der Waals surface area contributed by atoms with E-state index in [1.54, 1.807) is 0 Å². The lowest BCUT2D eigenvalue weighted by atomic mass is 10.2. The number of aromatic nitrogens is 2. The molecule has 1 atom stereocenters. The minimum Gasteiger partial charge on any atom is -0.444 e. The minimum atomic E-state index is -0.507. The number of nitrogens with zero attached hydrogens (tertiary/aromatic N) is 2. The number of ether oxygens (including phenoxy) is 1. The highest BCUT2D eigenvalue weighted by atomic mass is 16.6. The van der Waals surface area contributed by atoms with E-state index in [9.17, 15) is 4.79 Å². The first-order valence-corrected chi connectivity index (χ1v) is 6.93. The Balaban J connectivity index is 2.44. The Hall–Kier alpha value is -1.56. The van der Waals surface area contributed by atoms with Gasteiger partial charge in [0.1, 0.15) is 5.60 Å². The lowest BCUT2D eigenvalue weighted by molar-refractivity contribution is 0.0524. The van der Waals surface area contributed by atoms with Crippen LogP contribution >= 0.6 is 0 Å². The highest BCUT2D eigenvalue weighted by Gasteiger charge is 2.17.